The standard InChI is InChI=1S/C35H70O12/c1-3-5-6-7-8-9-10-11-12-13-15-37-17-19-39-21-23-41-25-27-43-29-31-45-33-34-46-32-30-44-28-26-42-24-22-40-20-18-38-16-14-35(36)47-4-2/h3-34H2,1-2H3. The molecule has 0 saturated heterocycles. The van der Waals surface area contributed by atoms with Gasteiger partial charge < -0.3 is 52.1 Å². The van der Waals surface area contributed by atoms with Gasteiger partial charge in [-0.1, -0.05) is 64.7 Å². The average Bonchev–Trinajstić information content (AvgIpc) is 3.07. The van der Waals surface area contributed by atoms with Crippen LogP contribution in [-0.4, -0.2) is 145 Å². The number of hydrogen-bond acceptors (Lipinski definition) is 12. The minimum atomic E-state index is -0.247. The summed E-state index contributed by atoms with van der Waals surface area (Å²) in [5.41, 5.74) is 0. The Hall–Kier alpha value is -0.930. The Morgan fingerprint density at radius 3 is 0.872 bits per heavy atom. The van der Waals surface area contributed by atoms with Crippen LogP contribution in [0.3, 0.4) is 0 Å². The van der Waals surface area contributed by atoms with Crippen LogP contribution >= 0.6 is 0 Å². The number of ether oxygens (including phenoxy) is 11. The largest absolute Gasteiger partial charge is 0.466 e. The first-order valence-corrected chi connectivity index (χ1v) is 18.2. The highest BCUT2D eigenvalue weighted by Crippen LogP contribution is 2.10. The third-order valence-electron chi connectivity index (χ3n) is 6.75. The molecule has 47 heavy (non-hydrogen) atoms. The number of hydrogen-bond donors (Lipinski definition) is 0. The molecule has 282 valence electrons. The van der Waals surface area contributed by atoms with Gasteiger partial charge in [0, 0.05) is 6.61 Å². The van der Waals surface area contributed by atoms with E-state index in [-0.39, 0.29) is 12.4 Å². The third-order valence-corrected chi connectivity index (χ3v) is 6.75. The molecule has 0 rings (SSSR count). The molecule has 0 fully saturated rings. The predicted octanol–water partition coefficient (Wildman–Crippen LogP) is 5.03. The molecule has 12 nitrogen and oxygen atoms in total. The lowest BCUT2D eigenvalue weighted by Crippen LogP contribution is -2.15. The molecule has 0 unspecified atom stereocenters. The first-order valence-electron chi connectivity index (χ1n) is 18.2. The smallest absolute Gasteiger partial charge is 0.308 e. The minimum absolute atomic E-state index is 0.247. The van der Waals surface area contributed by atoms with Gasteiger partial charge in [-0.3, -0.25) is 4.79 Å². The summed E-state index contributed by atoms with van der Waals surface area (Å²) in [6, 6.07) is 0. The molecule has 0 spiro atoms. The monoisotopic (exact) mass is 682 g/mol. The van der Waals surface area contributed by atoms with Gasteiger partial charge in [-0.05, 0) is 13.3 Å². The van der Waals surface area contributed by atoms with Gasteiger partial charge in [0.25, 0.3) is 0 Å². The fraction of sp³-hybridized carbons (Fsp3) is 0.971. The second kappa shape index (κ2) is 43.1. The quantitative estimate of drug-likeness (QED) is 0.0635. The van der Waals surface area contributed by atoms with Crippen LogP contribution < -0.4 is 0 Å². The molecule has 0 saturated carbocycles. The summed E-state index contributed by atoms with van der Waals surface area (Å²) in [6.45, 7) is 15.0. The Morgan fingerprint density at radius 2 is 0.574 bits per heavy atom. The lowest BCUT2D eigenvalue weighted by molar-refractivity contribution is -0.144. The van der Waals surface area contributed by atoms with Gasteiger partial charge in [0.1, 0.15) is 0 Å². The average molecular weight is 683 g/mol. The topological polar surface area (TPSA) is 119 Å². The number of esters is 1. The zero-order valence-electron chi connectivity index (χ0n) is 30.0. The van der Waals surface area contributed by atoms with Crippen molar-refractivity contribution in [3.8, 4) is 0 Å². The van der Waals surface area contributed by atoms with Crippen LogP contribution in [0.25, 0.3) is 0 Å². The molecule has 0 aromatic heterocycles. The van der Waals surface area contributed by atoms with Gasteiger partial charge in [-0.2, -0.15) is 0 Å². The van der Waals surface area contributed by atoms with Crippen LogP contribution in [0.4, 0.5) is 0 Å². The van der Waals surface area contributed by atoms with Crippen LogP contribution in [0, 0.1) is 0 Å². The summed E-state index contributed by atoms with van der Waals surface area (Å²) in [6.07, 6.45) is 13.7. The molecule has 0 radical (unpaired) electrons. The summed E-state index contributed by atoms with van der Waals surface area (Å²) in [7, 11) is 0. The molecular formula is C35H70O12. The first kappa shape index (κ1) is 46.1. The van der Waals surface area contributed by atoms with Crippen molar-refractivity contribution in [2.24, 2.45) is 0 Å². The Morgan fingerprint density at radius 1 is 0.319 bits per heavy atom. The summed E-state index contributed by atoms with van der Waals surface area (Å²) in [4.78, 5) is 11.2. The van der Waals surface area contributed by atoms with Crippen molar-refractivity contribution in [1.82, 2.24) is 0 Å². The Kier molecular flexibility index (Phi) is 42.2. The maximum absolute atomic E-state index is 11.2. The lowest BCUT2D eigenvalue weighted by atomic mass is 10.1. The van der Waals surface area contributed by atoms with Crippen LogP contribution in [0.1, 0.15) is 84.5 Å². The zero-order chi connectivity index (χ0) is 34.0. The van der Waals surface area contributed by atoms with Crippen molar-refractivity contribution in [1.29, 1.82) is 0 Å². The zero-order valence-corrected chi connectivity index (χ0v) is 30.0. The van der Waals surface area contributed by atoms with Gasteiger partial charge in [0.2, 0.25) is 0 Å². The van der Waals surface area contributed by atoms with Crippen molar-refractivity contribution < 1.29 is 56.9 Å². The van der Waals surface area contributed by atoms with E-state index in [2.05, 4.69) is 6.92 Å². The van der Waals surface area contributed by atoms with E-state index in [1.54, 1.807) is 6.92 Å². The molecule has 0 aliphatic heterocycles. The van der Waals surface area contributed by atoms with Crippen LogP contribution in [0.15, 0.2) is 0 Å². The molecule has 0 heterocycles. The maximum atomic E-state index is 11.2. The third kappa shape index (κ3) is 43.0. The molecule has 0 N–H and O–H groups in total. The second-order valence-electron chi connectivity index (χ2n) is 10.9. The van der Waals surface area contributed by atoms with E-state index >= 15 is 0 Å². The predicted molar refractivity (Wildman–Crippen MR) is 181 cm³/mol. The SMILES string of the molecule is CCCCCCCCCCCCOCCOCCOCCOCCOCCOCCOCCOCCOCCOCCC(=O)OCC. The molecule has 0 aliphatic rings. The van der Waals surface area contributed by atoms with E-state index in [1.165, 1.54) is 57.8 Å². The Balaban J connectivity index is 3.05. The van der Waals surface area contributed by atoms with Crippen LogP contribution in [0.5, 0.6) is 0 Å². The second-order valence-corrected chi connectivity index (χ2v) is 10.9. The van der Waals surface area contributed by atoms with Crippen molar-refractivity contribution in [3.05, 3.63) is 0 Å². The van der Waals surface area contributed by atoms with Gasteiger partial charge in [0.15, 0.2) is 0 Å². The van der Waals surface area contributed by atoms with Gasteiger partial charge in [-0.25, -0.2) is 0 Å². The van der Waals surface area contributed by atoms with Crippen molar-refractivity contribution in [2.45, 2.75) is 84.5 Å². The molecule has 0 bridgehead atoms. The molecule has 0 aromatic carbocycles. The fourth-order valence-electron chi connectivity index (χ4n) is 4.16. The maximum Gasteiger partial charge on any atom is 0.308 e. The molecular weight excluding hydrogens is 612 g/mol. The molecule has 0 aliphatic carbocycles. The molecule has 0 atom stereocenters. The number of rotatable bonds is 42. The summed E-state index contributed by atoms with van der Waals surface area (Å²) < 4.78 is 59.6. The molecule has 0 aromatic rings. The fourth-order valence-corrected chi connectivity index (χ4v) is 4.16. The number of unbranched alkanes of at least 4 members (excludes halogenated alkanes) is 9. The summed E-state index contributed by atoms with van der Waals surface area (Å²) in [5, 5.41) is 0. The van der Waals surface area contributed by atoms with E-state index in [1.807, 2.05) is 0 Å². The lowest BCUT2D eigenvalue weighted by Gasteiger charge is -2.09. The van der Waals surface area contributed by atoms with E-state index in [0.717, 1.165) is 13.0 Å². The summed E-state index contributed by atoms with van der Waals surface area (Å²) in [5.74, 6) is -0.247. The van der Waals surface area contributed by atoms with E-state index in [4.69, 9.17) is 52.1 Å². The van der Waals surface area contributed by atoms with Gasteiger partial charge >= 0.3 is 5.97 Å². The molecule has 0 amide bonds. The van der Waals surface area contributed by atoms with E-state index in [0.29, 0.717) is 132 Å². The van der Waals surface area contributed by atoms with Crippen molar-refractivity contribution in [2.75, 3.05) is 139 Å². The number of carbonyl (C=O) groups excluding carboxylic acids is 1. The minimum Gasteiger partial charge on any atom is -0.466 e. The summed E-state index contributed by atoms with van der Waals surface area (Å²) >= 11 is 0. The highest BCUT2D eigenvalue weighted by molar-refractivity contribution is 5.69. The van der Waals surface area contributed by atoms with Gasteiger partial charge in [-0.15, -0.1) is 0 Å². The van der Waals surface area contributed by atoms with E-state index < -0.39 is 0 Å². The first-order chi connectivity index (χ1) is 23.3. The van der Waals surface area contributed by atoms with Gasteiger partial charge in [0.05, 0.1) is 139 Å². The van der Waals surface area contributed by atoms with Crippen LogP contribution in [-0.2, 0) is 56.9 Å². The number of carbonyl (C=O) groups is 1. The Bertz CT molecular complexity index is 585. The van der Waals surface area contributed by atoms with Crippen molar-refractivity contribution >= 4 is 5.97 Å². The Labute approximate surface area is 286 Å². The highest BCUT2D eigenvalue weighted by Gasteiger charge is 2.01. The van der Waals surface area contributed by atoms with E-state index in [9.17, 15) is 4.79 Å². The van der Waals surface area contributed by atoms with Crippen molar-refractivity contribution in [3.63, 3.8) is 0 Å². The van der Waals surface area contributed by atoms with Crippen LogP contribution in [0.2, 0.25) is 0 Å². The normalized spacial score (nSPS) is 11.4. The highest BCUT2D eigenvalue weighted by atomic mass is 16.6. The molecule has 12 heteroatoms.